The van der Waals surface area contributed by atoms with Crippen molar-refractivity contribution in [3.8, 4) is 5.75 Å². The molecule has 0 unspecified atom stereocenters. The Morgan fingerprint density at radius 1 is 1.00 bits per heavy atom. The predicted molar refractivity (Wildman–Crippen MR) is 124 cm³/mol. The number of halogens is 2. The van der Waals surface area contributed by atoms with Gasteiger partial charge in [0.25, 0.3) is 0 Å². The second-order valence-electron chi connectivity index (χ2n) is 6.05. The van der Waals surface area contributed by atoms with Crippen molar-refractivity contribution in [3.05, 3.63) is 99.5 Å². The lowest BCUT2D eigenvalue weighted by Gasteiger charge is -2.08. The van der Waals surface area contributed by atoms with Crippen LogP contribution in [0.2, 0.25) is 10.0 Å². The predicted octanol–water partition coefficient (Wildman–Crippen LogP) is 6.15. The van der Waals surface area contributed by atoms with Crippen LogP contribution in [0.15, 0.2) is 83.0 Å². The van der Waals surface area contributed by atoms with Crippen LogP contribution in [-0.2, 0) is 12.4 Å². The molecular weight excluding hydrogens is 425 g/mol. The van der Waals surface area contributed by atoms with Crippen molar-refractivity contribution in [2.24, 2.45) is 15.9 Å². The summed E-state index contributed by atoms with van der Waals surface area (Å²) in [5, 5.41) is 9.67. The van der Waals surface area contributed by atoms with Crippen LogP contribution in [0, 0.1) is 0 Å². The maximum Gasteiger partial charge on any atom is 0.180 e. The SMILES string of the molecule is NC(=NN=Cc1ccc(OCc2ccc(Cl)cc2Cl)cc1)SCc1ccccc1. The zero-order chi connectivity index (χ0) is 20.5. The van der Waals surface area contributed by atoms with Gasteiger partial charge in [-0.2, -0.15) is 5.10 Å². The molecule has 0 heterocycles. The third-order valence-electron chi connectivity index (χ3n) is 3.88. The Labute approximate surface area is 184 Å². The molecule has 0 aliphatic carbocycles. The van der Waals surface area contributed by atoms with Gasteiger partial charge in [0.1, 0.15) is 12.4 Å². The van der Waals surface area contributed by atoms with E-state index in [1.165, 1.54) is 17.3 Å². The highest BCUT2D eigenvalue weighted by Gasteiger charge is 2.03. The monoisotopic (exact) mass is 443 g/mol. The fraction of sp³-hybridized carbons (Fsp3) is 0.0909. The number of hydrogen-bond donors (Lipinski definition) is 1. The van der Waals surface area contributed by atoms with Gasteiger partial charge in [-0.25, -0.2) is 0 Å². The summed E-state index contributed by atoms with van der Waals surface area (Å²) in [5.74, 6) is 1.49. The molecule has 0 spiro atoms. The standard InChI is InChI=1S/C22H19Cl2N3OS/c23-19-9-8-18(21(24)12-19)14-28-20-10-6-16(7-11-20)13-26-27-22(25)29-15-17-4-2-1-3-5-17/h1-13H,14-15H2,(H2,25,27). The first kappa shape index (κ1) is 21.2. The van der Waals surface area contributed by atoms with E-state index in [4.69, 9.17) is 33.7 Å². The van der Waals surface area contributed by atoms with Crippen molar-refractivity contribution in [3.63, 3.8) is 0 Å². The second-order valence-corrected chi connectivity index (χ2v) is 7.89. The van der Waals surface area contributed by atoms with Crippen LogP contribution in [0.1, 0.15) is 16.7 Å². The molecule has 0 saturated heterocycles. The first-order valence-corrected chi connectivity index (χ1v) is 10.5. The molecule has 2 N–H and O–H groups in total. The average molecular weight is 444 g/mol. The second kappa shape index (κ2) is 10.9. The summed E-state index contributed by atoms with van der Waals surface area (Å²) >= 11 is 13.5. The highest BCUT2D eigenvalue weighted by molar-refractivity contribution is 8.13. The van der Waals surface area contributed by atoms with Crippen molar-refractivity contribution >= 4 is 46.3 Å². The number of ether oxygens (including phenoxy) is 1. The molecule has 0 fully saturated rings. The van der Waals surface area contributed by atoms with Crippen molar-refractivity contribution in [1.82, 2.24) is 0 Å². The summed E-state index contributed by atoms with van der Waals surface area (Å²) < 4.78 is 5.76. The fourth-order valence-corrected chi connectivity index (χ4v) is 3.44. The van der Waals surface area contributed by atoms with E-state index in [1.807, 2.05) is 60.7 Å². The molecule has 0 atom stereocenters. The molecule has 4 nitrogen and oxygen atoms in total. The molecule has 3 aromatic carbocycles. The normalized spacial score (nSPS) is 11.7. The summed E-state index contributed by atoms with van der Waals surface area (Å²) in [6, 6.07) is 22.9. The lowest BCUT2D eigenvalue weighted by Crippen LogP contribution is -2.05. The van der Waals surface area contributed by atoms with Gasteiger partial charge in [-0.05, 0) is 47.5 Å². The van der Waals surface area contributed by atoms with Crippen molar-refractivity contribution < 1.29 is 4.74 Å². The first-order valence-electron chi connectivity index (χ1n) is 8.80. The number of amidine groups is 1. The topological polar surface area (TPSA) is 60.0 Å². The Hall–Kier alpha value is -2.47. The van der Waals surface area contributed by atoms with Gasteiger partial charge in [-0.1, -0.05) is 71.4 Å². The van der Waals surface area contributed by atoms with Gasteiger partial charge in [0.05, 0.1) is 6.21 Å². The minimum atomic E-state index is 0.364. The number of benzene rings is 3. The zero-order valence-corrected chi connectivity index (χ0v) is 17.8. The van der Waals surface area contributed by atoms with E-state index in [0.717, 1.165) is 22.6 Å². The highest BCUT2D eigenvalue weighted by atomic mass is 35.5. The maximum atomic E-state index is 6.15. The number of nitrogens with two attached hydrogens (primary N) is 1. The van der Waals surface area contributed by atoms with Gasteiger partial charge < -0.3 is 10.5 Å². The van der Waals surface area contributed by atoms with Crippen LogP contribution >= 0.6 is 35.0 Å². The van der Waals surface area contributed by atoms with E-state index in [1.54, 1.807) is 18.3 Å². The molecule has 0 aromatic heterocycles. The summed E-state index contributed by atoms with van der Waals surface area (Å²) in [4.78, 5) is 0. The molecule has 148 valence electrons. The lowest BCUT2D eigenvalue weighted by molar-refractivity contribution is 0.306. The van der Waals surface area contributed by atoms with Crippen LogP contribution in [0.25, 0.3) is 0 Å². The minimum absolute atomic E-state index is 0.364. The third-order valence-corrected chi connectivity index (χ3v) is 5.32. The minimum Gasteiger partial charge on any atom is -0.489 e. The summed E-state index contributed by atoms with van der Waals surface area (Å²) in [6.07, 6.45) is 1.65. The van der Waals surface area contributed by atoms with E-state index < -0.39 is 0 Å². The van der Waals surface area contributed by atoms with E-state index in [0.29, 0.717) is 21.8 Å². The lowest BCUT2D eigenvalue weighted by atomic mass is 10.2. The largest absolute Gasteiger partial charge is 0.489 e. The third kappa shape index (κ3) is 7.13. The number of hydrogen-bond acceptors (Lipinski definition) is 4. The molecule has 0 saturated carbocycles. The molecule has 3 rings (SSSR count). The van der Waals surface area contributed by atoms with Crippen molar-refractivity contribution in [2.75, 3.05) is 0 Å². The zero-order valence-electron chi connectivity index (χ0n) is 15.5. The number of nitrogens with zero attached hydrogens (tertiary/aromatic N) is 2. The first-order chi connectivity index (χ1) is 14.1. The van der Waals surface area contributed by atoms with Crippen LogP contribution in [0.4, 0.5) is 0 Å². The van der Waals surface area contributed by atoms with E-state index in [-0.39, 0.29) is 0 Å². The van der Waals surface area contributed by atoms with Crippen LogP contribution in [0.5, 0.6) is 5.75 Å². The molecule has 0 amide bonds. The van der Waals surface area contributed by atoms with E-state index in [9.17, 15) is 0 Å². The number of thioether (sulfide) groups is 1. The summed E-state index contributed by atoms with van der Waals surface area (Å²) in [7, 11) is 0. The van der Waals surface area contributed by atoms with E-state index >= 15 is 0 Å². The molecule has 0 bridgehead atoms. The molecule has 7 heteroatoms. The highest BCUT2D eigenvalue weighted by Crippen LogP contribution is 2.22. The quantitative estimate of drug-likeness (QED) is 0.270. The smallest absolute Gasteiger partial charge is 0.180 e. The fourth-order valence-electron chi connectivity index (χ4n) is 2.36. The molecule has 3 aromatic rings. The van der Waals surface area contributed by atoms with Gasteiger partial charge in [0.2, 0.25) is 0 Å². The van der Waals surface area contributed by atoms with Crippen molar-refractivity contribution in [1.29, 1.82) is 0 Å². The van der Waals surface area contributed by atoms with Crippen LogP contribution in [-0.4, -0.2) is 11.4 Å². The maximum absolute atomic E-state index is 6.15. The van der Waals surface area contributed by atoms with Gasteiger partial charge in [-0.3, -0.25) is 0 Å². The molecule has 0 aliphatic rings. The Bertz CT molecular complexity index is 993. The molecule has 0 radical (unpaired) electrons. The molecule has 0 aliphatic heterocycles. The average Bonchev–Trinajstić information content (AvgIpc) is 2.73. The van der Waals surface area contributed by atoms with Crippen LogP contribution in [0.3, 0.4) is 0 Å². The Kier molecular flexibility index (Phi) is 7.99. The van der Waals surface area contributed by atoms with Gasteiger partial charge in [-0.15, -0.1) is 5.10 Å². The Balaban J connectivity index is 1.49. The van der Waals surface area contributed by atoms with Gasteiger partial charge in [0, 0.05) is 21.4 Å². The Morgan fingerprint density at radius 2 is 1.76 bits per heavy atom. The van der Waals surface area contributed by atoms with Crippen molar-refractivity contribution in [2.45, 2.75) is 12.4 Å². The summed E-state index contributed by atoms with van der Waals surface area (Å²) in [5.41, 5.74) is 8.85. The summed E-state index contributed by atoms with van der Waals surface area (Å²) in [6.45, 7) is 0.364. The number of rotatable bonds is 7. The molecule has 29 heavy (non-hydrogen) atoms. The van der Waals surface area contributed by atoms with Crippen LogP contribution < -0.4 is 10.5 Å². The Morgan fingerprint density at radius 3 is 2.48 bits per heavy atom. The molecular formula is C22H19Cl2N3OS. The van der Waals surface area contributed by atoms with Gasteiger partial charge in [0.15, 0.2) is 5.17 Å². The van der Waals surface area contributed by atoms with E-state index in [2.05, 4.69) is 10.2 Å². The van der Waals surface area contributed by atoms with Gasteiger partial charge >= 0.3 is 0 Å².